The van der Waals surface area contributed by atoms with Crippen molar-refractivity contribution in [1.29, 1.82) is 0 Å². The zero-order valence-corrected chi connectivity index (χ0v) is 13.7. The van der Waals surface area contributed by atoms with Crippen LogP contribution in [0.25, 0.3) is 0 Å². The van der Waals surface area contributed by atoms with Crippen LogP contribution in [0.2, 0.25) is 5.02 Å². The third kappa shape index (κ3) is 3.08. The first-order chi connectivity index (χ1) is 10.7. The van der Waals surface area contributed by atoms with Gasteiger partial charge in [-0.25, -0.2) is 0 Å². The fraction of sp³-hybridized carbons (Fsp3) is 0.235. The van der Waals surface area contributed by atoms with E-state index in [4.69, 9.17) is 16.3 Å². The Morgan fingerprint density at radius 2 is 2.14 bits per heavy atom. The SMILES string of the molecule is COc1ccc(Cl)cc1C(=O)N[C@@H]1CCSc2ccccc21. The van der Waals surface area contributed by atoms with E-state index < -0.39 is 0 Å². The zero-order chi connectivity index (χ0) is 15.5. The average Bonchev–Trinajstić information content (AvgIpc) is 2.55. The van der Waals surface area contributed by atoms with E-state index in [0.717, 1.165) is 12.2 Å². The van der Waals surface area contributed by atoms with Crippen LogP contribution in [-0.2, 0) is 0 Å². The molecular formula is C17H16ClNO2S. The van der Waals surface area contributed by atoms with E-state index in [9.17, 15) is 4.79 Å². The number of halogens is 1. The lowest BCUT2D eigenvalue weighted by Crippen LogP contribution is -2.30. The van der Waals surface area contributed by atoms with E-state index in [0.29, 0.717) is 16.3 Å². The summed E-state index contributed by atoms with van der Waals surface area (Å²) in [6.45, 7) is 0. The van der Waals surface area contributed by atoms with E-state index >= 15 is 0 Å². The first kappa shape index (κ1) is 15.3. The molecule has 3 rings (SSSR count). The number of hydrogen-bond donors (Lipinski definition) is 1. The van der Waals surface area contributed by atoms with Crippen molar-refractivity contribution in [3.63, 3.8) is 0 Å². The lowest BCUT2D eigenvalue weighted by molar-refractivity contribution is 0.0932. The molecule has 0 bridgehead atoms. The summed E-state index contributed by atoms with van der Waals surface area (Å²) < 4.78 is 5.26. The third-order valence-corrected chi connectivity index (χ3v) is 5.03. The van der Waals surface area contributed by atoms with Crippen molar-refractivity contribution in [3.05, 3.63) is 58.6 Å². The Kier molecular flexibility index (Phi) is 4.60. The Morgan fingerprint density at radius 1 is 1.32 bits per heavy atom. The zero-order valence-electron chi connectivity index (χ0n) is 12.1. The standard InChI is InChI=1S/C17H16ClNO2S/c1-21-15-7-6-11(18)10-13(15)17(20)19-14-8-9-22-16-5-3-2-4-12(14)16/h2-7,10,14H,8-9H2,1H3,(H,19,20)/t14-/m1/s1. The molecule has 0 aromatic heterocycles. The molecule has 0 aliphatic carbocycles. The summed E-state index contributed by atoms with van der Waals surface area (Å²) in [6.07, 6.45) is 0.913. The molecule has 0 saturated heterocycles. The maximum absolute atomic E-state index is 12.6. The normalized spacial score (nSPS) is 16.7. The molecule has 1 heterocycles. The second-order valence-corrected chi connectivity index (χ2v) is 6.62. The van der Waals surface area contributed by atoms with Gasteiger partial charge in [0.15, 0.2) is 0 Å². The maximum Gasteiger partial charge on any atom is 0.255 e. The van der Waals surface area contributed by atoms with Crippen LogP contribution in [0.1, 0.15) is 28.4 Å². The van der Waals surface area contributed by atoms with Gasteiger partial charge in [0, 0.05) is 15.7 Å². The third-order valence-electron chi connectivity index (χ3n) is 3.67. The number of ether oxygens (including phenoxy) is 1. The average molecular weight is 334 g/mol. The molecule has 0 unspecified atom stereocenters. The van der Waals surface area contributed by atoms with Gasteiger partial charge in [-0.3, -0.25) is 4.79 Å². The number of benzene rings is 2. The van der Waals surface area contributed by atoms with Crippen LogP contribution >= 0.6 is 23.4 Å². The molecule has 5 heteroatoms. The minimum atomic E-state index is -0.161. The molecule has 3 nitrogen and oxygen atoms in total. The molecule has 0 fully saturated rings. The highest BCUT2D eigenvalue weighted by Crippen LogP contribution is 2.36. The summed E-state index contributed by atoms with van der Waals surface area (Å²) in [5, 5.41) is 3.62. The van der Waals surface area contributed by atoms with Gasteiger partial charge in [0.05, 0.1) is 18.7 Å². The molecular weight excluding hydrogens is 318 g/mol. The van der Waals surface area contributed by atoms with Crippen molar-refractivity contribution >= 4 is 29.3 Å². The number of carbonyl (C=O) groups is 1. The number of methoxy groups -OCH3 is 1. The highest BCUT2D eigenvalue weighted by molar-refractivity contribution is 7.99. The minimum Gasteiger partial charge on any atom is -0.496 e. The van der Waals surface area contributed by atoms with E-state index in [-0.39, 0.29) is 11.9 Å². The van der Waals surface area contributed by atoms with Crippen molar-refractivity contribution < 1.29 is 9.53 Å². The summed E-state index contributed by atoms with van der Waals surface area (Å²) in [7, 11) is 1.55. The largest absolute Gasteiger partial charge is 0.496 e. The number of fused-ring (bicyclic) bond motifs is 1. The predicted molar refractivity (Wildman–Crippen MR) is 90.0 cm³/mol. The summed E-state index contributed by atoms with van der Waals surface area (Å²) in [4.78, 5) is 13.8. The quantitative estimate of drug-likeness (QED) is 0.909. The molecule has 2 aromatic rings. The summed E-state index contributed by atoms with van der Waals surface area (Å²) in [6, 6.07) is 13.3. The van der Waals surface area contributed by atoms with Crippen molar-refractivity contribution in [3.8, 4) is 5.75 Å². The fourth-order valence-electron chi connectivity index (χ4n) is 2.59. The maximum atomic E-state index is 12.6. The number of nitrogens with one attached hydrogen (secondary N) is 1. The fourth-order valence-corrected chi connectivity index (χ4v) is 3.88. The van der Waals surface area contributed by atoms with Gasteiger partial charge in [0.2, 0.25) is 0 Å². The van der Waals surface area contributed by atoms with Crippen LogP contribution in [0.5, 0.6) is 5.75 Å². The van der Waals surface area contributed by atoms with E-state index in [1.54, 1.807) is 25.3 Å². The van der Waals surface area contributed by atoms with Gasteiger partial charge in [-0.05, 0) is 36.2 Å². The number of rotatable bonds is 3. The van der Waals surface area contributed by atoms with Gasteiger partial charge in [-0.2, -0.15) is 0 Å². The second-order valence-electron chi connectivity index (χ2n) is 5.05. The summed E-state index contributed by atoms with van der Waals surface area (Å²) in [5.41, 5.74) is 1.64. The highest BCUT2D eigenvalue weighted by Gasteiger charge is 2.23. The Bertz CT molecular complexity index is 705. The Labute approximate surface area is 139 Å². The van der Waals surface area contributed by atoms with E-state index in [1.165, 1.54) is 10.5 Å². The van der Waals surface area contributed by atoms with Gasteiger partial charge in [0.25, 0.3) is 5.91 Å². The summed E-state index contributed by atoms with van der Waals surface area (Å²) in [5.74, 6) is 1.36. The lowest BCUT2D eigenvalue weighted by atomic mass is 10.0. The molecule has 1 N–H and O–H groups in total. The van der Waals surface area contributed by atoms with Crippen molar-refractivity contribution in [2.24, 2.45) is 0 Å². The topological polar surface area (TPSA) is 38.3 Å². The van der Waals surface area contributed by atoms with Gasteiger partial charge in [-0.15, -0.1) is 11.8 Å². The predicted octanol–water partition coefficient (Wildman–Crippen LogP) is 4.32. The van der Waals surface area contributed by atoms with E-state index in [2.05, 4.69) is 17.4 Å². The van der Waals surface area contributed by atoms with Crippen LogP contribution in [0.4, 0.5) is 0 Å². The first-order valence-corrected chi connectivity index (χ1v) is 8.41. The van der Waals surface area contributed by atoms with E-state index in [1.807, 2.05) is 23.9 Å². The van der Waals surface area contributed by atoms with Crippen molar-refractivity contribution in [2.75, 3.05) is 12.9 Å². The minimum absolute atomic E-state index is 0.0219. The molecule has 2 aromatic carbocycles. The van der Waals surface area contributed by atoms with Crippen LogP contribution in [-0.4, -0.2) is 18.8 Å². The van der Waals surface area contributed by atoms with Crippen molar-refractivity contribution in [1.82, 2.24) is 5.32 Å². The molecule has 0 spiro atoms. The number of hydrogen-bond acceptors (Lipinski definition) is 3. The first-order valence-electron chi connectivity index (χ1n) is 7.05. The molecule has 22 heavy (non-hydrogen) atoms. The smallest absolute Gasteiger partial charge is 0.255 e. The molecule has 1 aliphatic rings. The monoisotopic (exact) mass is 333 g/mol. The van der Waals surface area contributed by atoms with Gasteiger partial charge >= 0.3 is 0 Å². The number of carbonyl (C=O) groups excluding carboxylic acids is 1. The Balaban J connectivity index is 1.85. The van der Waals surface area contributed by atoms with Crippen LogP contribution in [0, 0.1) is 0 Å². The highest BCUT2D eigenvalue weighted by atomic mass is 35.5. The van der Waals surface area contributed by atoms with Gasteiger partial charge in [0.1, 0.15) is 5.75 Å². The Morgan fingerprint density at radius 3 is 2.95 bits per heavy atom. The van der Waals surface area contributed by atoms with Crippen LogP contribution < -0.4 is 10.1 Å². The Hall–Kier alpha value is -1.65. The van der Waals surface area contributed by atoms with Crippen LogP contribution in [0.3, 0.4) is 0 Å². The molecule has 114 valence electrons. The van der Waals surface area contributed by atoms with Gasteiger partial charge in [-0.1, -0.05) is 29.8 Å². The molecule has 1 atom stereocenters. The van der Waals surface area contributed by atoms with Gasteiger partial charge < -0.3 is 10.1 Å². The number of amides is 1. The van der Waals surface area contributed by atoms with Crippen LogP contribution in [0.15, 0.2) is 47.4 Å². The lowest BCUT2D eigenvalue weighted by Gasteiger charge is -2.26. The second kappa shape index (κ2) is 6.63. The molecule has 0 radical (unpaired) electrons. The molecule has 1 amide bonds. The molecule has 1 aliphatic heterocycles. The molecule has 0 saturated carbocycles. The summed E-state index contributed by atoms with van der Waals surface area (Å²) >= 11 is 7.83. The van der Waals surface area contributed by atoms with Crippen molar-refractivity contribution in [2.45, 2.75) is 17.4 Å². The number of thioether (sulfide) groups is 1.